The monoisotopic (exact) mass is 268 g/mol. The van der Waals surface area contributed by atoms with E-state index in [9.17, 15) is 4.79 Å². The van der Waals surface area contributed by atoms with E-state index >= 15 is 0 Å². The molecule has 5 nitrogen and oxygen atoms in total. The number of anilines is 2. The van der Waals surface area contributed by atoms with Crippen molar-refractivity contribution in [1.29, 1.82) is 0 Å². The van der Waals surface area contributed by atoms with Gasteiger partial charge in [-0.3, -0.25) is 4.79 Å². The first-order chi connectivity index (χ1) is 8.65. The van der Waals surface area contributed by atoms with Crippen LogP contribution in [0.1, 0.15) is 42.8 Å². The van der Waals surface area contributed by atoms with Crippen molar-refractivity contribution in [3.63, 3.8) is 0 Å². The molecule has 1 amide bonds. The molecule has 1 saturated carbocycles. The van der Waals surface area contributed by atoms with Gasteiger partial charge in [0.15, 0.2) is 5.13 Å². The second kappa shape index (κ2) is 5.56. The highest BCUT2D eigenvalue weighted by Crippen LogP contribution is 2.35. The average molecular weight is 268 g/mol. The molecule has 0 spiro atoms. The second-order valence-electron chi connectivity index (χ2n) is 4.63. The summed E-state index contributed by atoms with van der Waals surface area (Å²) in [6, 6.07) is 0.335. The summed E-state index contributed by atoms with van der Waals surface area (Å²) in [7, 11) is 0. The first-order valence-electron chi connectivity index (χ1n) is 6.46. The summed E-state index contributed by atoms with van der Waals surface area (Å²) in [5.41, 5.74) is 5.76. The van der Waals surface area contributed by atoms with Gasteiger partial charge in [-0.1, -0.05) is 24.7 Å². The quantitative estimate of drug-likeness (QED) is 0.738. The number of nitrogens with two attached hydrogens (primary N) is 1. The summed E-state index contributed by atoms with van der Waals surface area (Å²) in [6.07, 6.45) is 3.45. The van der Waals surface area contributed by atoms with Gasteiger partial charge < -0.3 is 16.4 Å². The summed E-state index contributed by atoms with van der Waals surface area (Å²) < 4.78 is 0. The molecule has 1 aliphatic carbocycles. The van der Waals surface area contributed by atoms with Gasteiger partial charge >= 0.3 is 0 Å². The number of nitrogens with zero attached hydrogens (tertiary/aromatic N) is 1. The molecule has 2 unspecified atom stereocenters. The standard InChI is InChI=1S/C12H20N4OS/c1-3-5-7-6-8(7)15-11(17)9-10(13)16-12(18-9)14-4-2/h7-8H,3-6,13H2,1-2H3,(H,14,16)(H,15,17). The van der Waals surface area contributed by atoms with E-state index in [-0.39, 0.29) is 5.91 Å². The molecule has 1 aromatic heterocycles. The Morgan fingerprint density at radius 3 is 3.00 bits per heavy atom. The minimum absolute atomic E-state index is 0.0854. The average Bonchev–Trinajstić information content (AvgIpc) is 2.92. The fourth-order valence-corrected chi connectivity index (χ4v) is 2.93. The summed E-state index contributed by atoms with van der Waals surface area (Å²) in [6.45, 7) is 4.92. The van der Waals surface area contributed by atoms with Gasteiger partial charge in [0, 0.05) is 12.6 Å². The Balaban J connectivity index is 1.93. The third-order valence-electron chi connectivity index (χ3n) is 3.09. The largest absolute Gasteiger partial charge is 0.382 e. The predicted octanol–water partition coefficient (Wildman–Crippen LogP) is 2.08. The topological polar surface area (TPSA) is 80.0 Å². The fraction of sp³-hybridized carbons (Fsp3) is 0.667. The zero-order chi connectivity index (χ0) is 13.1. The first kappa shape index (κ1) is 13.1. The number of carbonyl (C=O) groups is 1. The first-order valence-corrected chi connectivity index (χ1v) is 7.28. The molecular formula is C12H20N4OS. The highest BCUT2D eigenvalue weighted by atomic mass is 32.1. The van der Waals surface area contributed by atoms with Crippen LogP contribution >= 0.6 is 11.3 Å². The molecule has 6 heteroatoms. The van der Waals surface area contributed by atoms with Gasteiger partial charge in [-0.05, 0) is 25.7 Å². The van der Waals surface area contributed by atoms with E-state index < -0.39 is 0 Å². The van der Waals surface area contributed by atoms with Crippen LogP contribution in [-0.2, 0) is 0 Å². The predicted molar refractivity (Wildman–Crippen MR) is 75.0 cm³/mol. The van der Waals surface area contributed by atoms with Crippen molar-refractivity contribution in [3.8, 4) is 0 Å². The van der Waals surface area contributed by atoms with E-state index in [1.54, 1.807) is 0 Å². The fourth-order valence-electron chi connectivity index (χ4n) is 2.07. The summed E-state index contributed by atoms with van der Waals surface area (Å²) in [5.74, 6) is 0.889. The lowest BCUT2D eigenvalue weighted by Gasteiger charge is -2.02. The molecule has 0 aliphatic heterocycles. The molecule has 2 rings (SSSR count). The molecule has 4 N–H and O–H groups in total. The molecule has 0 bridgehead atoms. The van der Waals surface area contributed by atoms with E-state index in [1.807, 2.05) is 6.92 Å². The molecule has 1 fully saturated rings. The van der Waals surface area contributed by atoms with E-state index in [1.165, 1.54) is 24.2 Å². The van der Waals surface area contributed by atoms with Crippen LogP contribution in [0.4, 0.5) is 10.9 Å². The number of nitrogens with one attached hydrogen (secondary N) is 2. The second-order valence-corrected chi connectivity index (χ2v) is 5.63. The lowest BCUT2D eigenvalue weighted by molar-refractivity contribution is 0.0953. The van der Waals surface area contributed by atoms with Gasteiger partial charge in [-0.2, -0.15) is 0 Å². The van der Waals surface area contributed by atoms with Crippen LogP contribution in [0.3, 0.4) is 0 Å². The molecular weight excluding hydrogens is 248 g/mol. The van der Waals surface area contributed by atoms with Crippen LogP contribution in [0, 0.1) is 5.92 Å². The molecule has 100 valence electrons. The maximum absolute atomic E-state index is 12.0. The molecule has 0 radical (unpaired) electrons. The molecule has 0 aromatic carbocycles. The maximum Gasteiger partial charge on any atom is 0.265 e. The van der Waals surface area contributed by atoms with Crippen molar-refractivity contribution in [3.05, 3.63) is 4.88 Å². The molecule has 1 aromatic rings. The van der Waals surface area contributed by atoms with Gasteiger partial charge in [0.05, 0.1) is 0 Å². The zero-order valence-electron chi connectivity index (χ0n) is 10.8. The van der Waals surface area contributed by atoms with Crippen LogP contribution in [0.5, 0.6) is 0 Å². The van der Waals surface area contributed by atoms with E-state index in [2.05, 4.69) is 22.5 Å². The molecule has 1 heterocycles. The van der Waals surface area contributed by atoms with Crippen LogP contribution in [-0.4, -0.2) is 23.5 Å². The Kier molecular flexibility index (Phi) is 4.06. The van der Waals surface area contributed by atoms with E-state index in [4.69, 9.17) is 5.73 Å². The maximum atomic E-state index is 12.0. The SMILES string of the molecule is CCCC1CC1NC(=O)c1sc(NCC)nc1N. The third-order valence-corrected chi connectivity index (χ3v) is 4.11. The minimum Gasteiger partial charge on any atom is -0.382 e. The van der Waals surface area contributed by atoms with Crippen LogP contribution in [0.15, 0.2) is 0 Å². The lowest BCUT2D eigenvalue weighted by atomic mass is 10.2. The number of thiazole rings is 1. The number of nitrogen functional groups attached to an aromatic ring is 1. The normalized spacial score (nSPS) is 21.7. The molecule has 1 aliphatic rings. The third kappa shape index (κ3) is 2.93. The minimum atomic E-state index is -0.0854. The van der Waals surface area contributed by atoms with Crippen molar-refractivity contribution in [2.45, 2.75) is 39.2 Å². The number of amides is 1. The summed E-state index contributed by atoms with van der Waals surface area (Å²) >= 11 is 1.32. The van der Waals surface area contributed by atoms with Crippen LogP contribution < -0.4 is 16.4 Å². The Morgan fingerprint density at radius 1 is 1.56 bits per heavy atom. The van der Waals surface area contributed by atoms with Crippen molar-refractivity contribution >= 4 is 28.2 Å². The number of rotatable bonds is 6. The Hall–Kier alpha value is -1.30. The van der Waals surface area contributed by atoms with Gasteiger partial charge in [-0.15, -0.1) is 0 Å². The van der Waals surface area contributed by atoms with Crippen LogP contribution in [0.2, 0.25) is 0 Å². The van der Waals surface area contributed by atoms with Crippen molar-refractivity contribution < 1.29 is 4.79 Å². The lowest BCUT2D eigenvalue weighted by Crippen LogP contribution is -2.26. The number of hydrogen-bond acceptors (Lipinski definition) is 5. The van der Waals surface area contributed by atoms with Gasteiger partial charge in [0.2, 0.25) is 0 Å². The van der Waals surface area contributed by atoms with E-state index in [0.717, 1.165) is 13.0 Å². The van der Waals surface area contributed by atoms with Gasteiger partial charge in [-0.25, -0.2) is 4.98 Å². The molecule has 0 saturated heterocycles. The van der Waals surface area contributed by atoms with E-state index in [0.29, 0.717) is 27.8 Å². The zero-order valence-corrected chi connectivity index (χ0v) is 11.6. The number of hydrogen-bond donors (Lipinski definition) is 3. The van der Waals surface area contributed by atoms with Crippen molar-refractivity contribution in [1.82, 2.24) is 10.3 Å². The Bertz CT molecular complexity index is 432. The van der Waals surface area contributed by atoms with Crippen molar-refractivity contribution in [2.75, 3.05) is 17.6 Å². The van der Waals surface area contributed by atoms with Crippen molar-refractivity contribution in [2.24, 2.45) is 5.92 Å². The Labute approximate surface area is 111 Å². The van der Waals surface area contributed by atoms with Gasteiger partial charge in [0.25, 0.3) is 5.91 Å². The molecule has 2 atom stereocenters. The van der Waals surface area contributed by atoms with Crippen LogP contribution in [0.25, 0.3) is 0 Å². The Morgan fingerprint density at radius 2 is 2.33 bits per heavy atom. The highest BCUT2D eigenvalue weighted by molar-refractivity contribution is 7.18. The molecule has 18 heavy (non-hydrogen) atoms. The summed E-state index contributed by atoms with van der Waals surface area (Å²) in [5, 5.41) is 6.80. The number of aromatic nitrogens is 1. The highest BCUT2D eigenvalue weighted by Gasteiger charge is 2.37. The number of carbonyl (C=O) groups excluding carboxylic acids is 1. The smallest absolute Gasteiger partial charge is 0.265 e. The summed E-state index contributed by atoms with van der Waals surface area (Å²) in [4.78, 5) is 16.7. The van der Waals surface area contributed by atoms with Gasteiger partial charge in [0.1, 0.15) is 10.7 Å².